The summed E-state index contributed by atoms with van der Waals surface area (Å²) in [5.41, 5.74) is 9.02. The second-order valence-electron chi connectivity index (χ2n) is 4.69. The van der Waals surface area contributed by atoms with Crippen LogP contribution in [0.25, 0.3) is 0 Å². The second-order valence-corrected chi connectivity index (χ2v) is 6.58. The molecule has 0 fully saturated rings. The smallest absolute Gasteiger partial charge is 0.240 e. The molecule has 2 aromatic rings. The highest BCUT2D eigenvalue weighted by atomic mass is 32.2. The third-order valence-corrected chi connectivity index (χ3v) is 4.82. The van der Waals surface area contributed by atoms with Crippen LogP contribution in [0, 0.1) is 6.92 Å². The summed E-state index contributed by atoms with van der Waals surface area (Å²) in [5.74, 6) is 0. The van der Waals surface area contributed by atoms with E-state index < -0.39 is 10.0 Å². The van der Waals surface area contributed by atoms with Crippen molar-refractivity contribution in [2.45, 2.75) is 18.4 Å². The maximum atomic E-state index is 11.8. The summed E-state index contributed by atoms with van der Waals surface area (Å²) in [4.78, 5) is 0.171. The van der Waals surface area contributed by atoms with E-state index in [1.54, 1.807) is 16.9 Å². The average molecular weight is 309 g/mol. The minimum Gasteiger partial charge on any atom is -0.397 e. The quantitative estimate of drug-likeness (QED) is 0.710. The number of sulfonamides is 1. The Balaban J connectivity index is 2.24. The number of benzene rings is 1. The van der Waals surface area contributed by atoms with Crippen molar-refractivity contribution < 1.29 is 8.42 Å². The van der Waals surface area contributed by atoms with Crippen LogP contribution in [0.5, 0.6) is 0 Å². The van der Waals surface area contributed by atoms with Crippen molar-refractivity contribution in [1.82, 2.24) is 14.5 Å². The Morgan fingerprint density at radius 2 is 2.10 bits per heavy atom. The van der Waals surface area contributed by atoms with E-state index >= 15 is 0 Å². The fraction of sp³-hybridized carbons (Fsp3) is 0.308. The van der Waals surface area contributed by atoms with Gasteiger partial charge in [0.05, 0.1) is 22.5 Å². The van der Waals surface area contributed by atoms with Gasteiger partial charge in [0, 0.05) is 24.8 Å². The van der Waals surface area contributed by atoms with Crippen LogP contribution < -0.4 is 15.8 Å². The van der Waals surface area contributed by atoms with Gasteiger partial charge in [-0.2, -0.15) is 5.10 Å². The SMILES string of the molecule is CNS(=O)(=O)c1ccc(N)c(NCc2cnn(C)c2C)c1. The van der Waals surface area contributed by atoms with Crippen molar-refractivity contribution in [3.05, 3.63) is 35.7 Å². The lowest BCUT2D eigenvalue weighted by Gasteiger charge is -2.11. The zero-order valence-corrected chi connectivity index (χ0v) is 13.0. The monoisotopic (exact) mass is 309 g/mol. The Labute approximate surface area is 124 Å². The first-order chi connectivity index (χ1) is 9.85. The molecule has 0 aliphatic rings. The third kappa shape index (κ3) is 3.17. The Hall–Kier alpha value is -2.06. The van der Waals surface area contributed by atoms with Gasteiger partial charge in [-0.3, -0.25) is 4.68 Å². The highest BCUT2D eigenvalue weighted by molar-refractivity contribution is 7.89. The number of aryl methyl sites for hydroxylation is 1. The Morgan fingerprint density at radius 1 is 1.38 bits per heavy atom. The molecule has 1 aromatic carbocycles. The standard InChI is InChI=1S/C13H19N5O2S/c1-9-10(8-17-18(9)3)7-16-13-6-11(4-5-12(13)14)21(19,20)15-2/h4-6,8,15-16H,7,14H2,1-3H3. The molecule has 4 N–H and O–H groups in total. The summed E-state index contributed by atoms with van der Waals surface area (Å²) >= 11 is 0. The topological polar surface area (TPSA) is 102 Å². The molecule has 1 aromatic heterocycles. The minimum atomic E-state index is -3.49. The highest BCUT2D eigenvalue weighted by Gasteiger charge is 2.13. The van der Waals surface area contributed by atoms with Gasteiger partial charge < -0.3 is 11.1 Å². The molecule has 0 bridgehead atoms. The van der Waals surface area contributed by atoms with Crippen LogP contribution in [0.4, 0.5) is 11.4 Å². The van der Waals surface area contributed by atoms with Crippen molar-refractivity contribution in [3.8, 4) is 0 Å². The normalized spacial score (nSPS) is 11.6. The molecule has 0 unspecified atom stereocenters. The van der Waals surface area contributed by atoms with Crippen LogP contribution in [0.15, 0.2) is 29.3 Å². The maximum absolute atomic E-state index is 11.8. The molecule has 114 valence electrons. The Morgan fingerprint density at radius 3 is 2.67 bits per heavy atom. The zero-order chi connectivity index (χ0) is 15.6. The number of rotatable bonds is 5. The predicted octanol–water partition coefficient (Wildman–Crippen LogP) is 0.831. The molecule has 0 spiro atoms. The predicted molar refractivity (Wildman–Crippen MR) is 82.4 cm³/mol. The minimum absolute atomic E-state index is 0.171. The molecule has 7 nitrogen and oxygen atoms in total. The van der Waals surface area contributed by atoms with Crippen LogP contribution in [0.3, 0.4) is 0 Å². The largest absolute Gasteiger partial charge is 0.397 e. The number of nitrogens with one attached hydrogen (secondary N) is 2. The number of hydrogen-bond acceptors (Lipinski definition) is 5. The van der Waals surface area contributed by atoms with E-state index in [9.17, 15) is 8.42 Å². The van der Waals surface area contributed by atoms with Crippen LogP contribution in [0.1, 0.15) is 11.3 Å². The number of nitrogen functional groups attached to an aromatic ring is 1. The van der Waals surface area contributed by atoms with Crippen LogP contribution in [0.2, 0.25) is 0 Å². The lowest BCUT2D eigenvalue weighted by atomic mass is 10.2. The molecule has 0 radical (unpaired) electrons. The van der Waals surface area contributed by atoms with Gasteiger partial charge in [-0.1, -0.05) is 0 Å². The molecule has 0 saturated heterocycles. The van der Waals surface area contributed by atoms with Crippen LogP contribution >= 0.6 is 0 Å². The lowest BCUT2D eigenvalue weighted by molar-refractivity contribution is 0.588. The van der Waals surface area contributed by atoms with Crippen LogP contribution in [-0.4, -0.2) is 25.2 Å². The van der Waals surface area contributed by atoms with Gasteiger partial charge in [-0.25, -0.2) is 13.1 Å². The first kappa shape index (κ1) is 15.3. The number of nitrogens with zero attached hydrogens (tertiary/aromatic N) is 2. The highest BCUT2D eigenvalue weighted by Crippen LogP contribution is 2.23. The van der Waals surface area contributed by atoms with Gasteiger partial charge in [-0.15, -0.1) is 0 Å². The lowest BCUT2D eigenvalue weighted by Crippen LogP contribution is -2.18. The molecule has 0 aliphatic carbocycles. The number of hydrogen-bond donors (Lipinski definition) is 3. The number of aromatic nitrogens is 2. The Bertz CT molecular complexity index is 752. The Kier molecular flexibility index (Phi) is 4.19. The summed E-state index contributed by atoms with van der Waals surface area (Å²) in [7, 11) is -0.245. The van der Waals surface area contributed by atoms with E-state index in [1.807, 2.05) is 14.0 Å². The zero-order valence-electron chi connectivity index (χ0n) is 12.2. The first-order valence-electron chi connectivity index (χ1n) is 6.39. The molecule has 0 atom stereocenters. The van der Waals surface area contributed by atoms with E-state index in [0.29, 0.717) is 17.9 Å². The van der Waals surface area contributed by atoms with E-state index in [1.165, 1.54) is 19.2 Å². The average Bonchev–Trinajstić information content (AvgIpc) is 2.78. The van der Waals surface area contributed by atoms with Crippen molar-refractivity contribution in [3.63, 3.8) is 0 Å². The second kappa shape index (κ2) is 5.74. The van der Waals surface area contributed by atoms with Gasteiger partial charge >= 0.3 is 0 Å². The molecule has 0 aliphatic heterocycles. The van der Waals surface area contributed by atoms with E-state index in [4.69, 9.17) is 5.73 Å². The van der Waals surface area contributed by atoms with Crippen molar-refractivity contribution >= 4 is 21.4 Å². The number of anilines is 2. The first-order valence-corrected chi connectivity index (χ1v) is 7.88. The molecule has 2 rings (SSSR count). The van der Waals surface area contributed by atoms with Gasteiger partial charge in [0.25, 0.3) is 0 Å². The van der Waals surface area contributed by atoms with E-state index in [0.717, 1.165) is 11.3 Å². The molecule has 21 heavy (non-hydrogen) atoms. The van der Waals surface area contributed by atoms with Gasteiger partial charge in [0.1, 0.15) is 0 Å². The van der Waals surface area contributed by atoms with E-state index in [-0.39, 0.29) is 4.90 Å². The van der Waals surface area contributed by atoms with Crippen molar-refractivity contribution in [1.29, 1.82) is 0 Å². The summed E-state index contributed by atoms with van der Waals surface area (Å²) in [6, 6.07) is 4.57. The number of nitrogens with two attached hydrogens (primary N) is 1. The molecule has 0 amide bonds. The van der Waals surface area contributed by atoms with Gasteiger partial charge in [0.2, 0.25) is 10.0 Å². The molecular formula is C13H19N5O2S. The summed E-state index contributed by atoms with van der Waals surface area (Å²) in [6.07, 6.45) is 1.77. The fourth-order valence-electron chi connectivity index (χ4n) is 1.88. The molecule has 8 heteroatoms. The van der Waals surface area contributed by atoms with Gasteiger partial charge in [-0.05, 0) is 32.2 Å². The van der Waals surface area contributed by atoms with Crippen LogP contribution in [-0.2, 0) is 23.6 Å². The third-order valence-electron chi connectivity index (χ3n) is 3.41. The molecular weight excluding hydrogens is 290 g/mol. The molecule has 1 heterocycles. The molecule has 0 saturated carbocycles. The van der Waals surface area contributed by atoms with E-state index in [2.05, 4.69) is 15.1 Å². The van der Waals surface area contributed by atoms with Gasteiger partial charge in [0.15, 0.2) is 0 Å². The van der Waals surface area contributed by atoms with Crippen molar-refractivity contribution in [2.75, 3.05) is 18.1 Å². The van der Waals surface area contributed by atoms with Crippen molar-refractivity contribution in [2.24, 2.45) is 7.05 Å². The summed E-state index contributed by atoms with van der Waals surface area (Å²) in [5, 5.41) is 7.31. The summed E-state index contributed by atoms with van der Waals surface area (Å²) < 4.78 is 27.7. The maximum Gasteiger partial charge on any atom is 0.240 e. The fourth-order valence-corrected chi connectivity index (χ4v) is 2.64. The summed E-state index contributed by atoms with van der Waals surface area (Å²) in [6.45, 7) is 2.49.